The maximum absolute atomic E-state index is 14.6. The molecule has 1 aliphatic heterocycles. The van der Waals surface area contributed by atoms with Crippen LogP contribution in [-0.4, -0.2) is 34.9 Å². The predicted molar refractivity (Wildman–Crippen MR) is 288 cm³/mol. The van der Waals surface area contributed by atoms with Crippen LogP contribution in [0.3, 0.4) is 0 Å². The molecule has 9 nitrogen and oxygen atoms in total. The monoisotopic (exact) mass is 1020 g/mol. The Morgan fingerprint density at radius 3 is 2.03 bits per heavy atom. The van der Waals surface area contributed by atoms with Crippen LogP contribution in [0.4, 0.5) is 22.7 Å². The van der Waals surface area contributed by atoms with Gasteiger partial charge >= 0.3 is 0 Å². The molecule has 4 aromatic rings. The van der Waals surface area contributed by atoms with Gasteiger partial charge in [0, 0.05) is 27.6 Å². The highest BCUT2D eigenvalue weighted by molar-refractivity contribution is 8.01. The van der Waals surface area contributed by atoms with Crippen LogP contribution in [0.25, 0.3) is 0 Å². The molecule has 2 atom stereocenters. The van der Waals surface area contributed by atoms with E-state index in [4.69, 9.17) is 56.1 Å². The first kappa shape index (κ1) is 55.0. The Balaban J connectivity index is 1.36. The third-order valence-electron chi connectivity index (χ3n) is 12.4. The van der Waals surface area contributed by atoms with E-state index in [1.54, 1.807) is 24.3 Å². The first-order chi connectivity index (χ1) is 32.4. The van der Waals surface area contributed by atoms with Crippen LogP contribution < -0.4 is 25.8 Å². The van der Waals surface area contributed by atoms with Crippen LogP contribution in [0.2, 0.25) is 20.1 Å². The average molecular weight is 1030 g/mol. The zero-order valence-electron chi connectivity index (χ0n) is 40.9. The molecule has 14 heteroatoms. The summed E-state index contributed by atoms with van der Waals surface area (Å²) in [4.78, 5) is 47.3. The summed E-state index contributed by atoms with van der Waals surface area (Å²) in [5.41, 5.74) is 6.62. The van der Waals surface area contributed by atoms with Crippen molar-refractivity contribution >= 4 is 104 Å². The predicted octanol–water partition coefficient (Wildman–Crippen LogP) is 16.5. The van der Waals surface area contributed by atoms with Gasteiger partial charge in [0.2, 0.25) is 5.91 Å². The number of unbranched alkanes of at least 4 members (excludes halogenated alkanes) is 10. The van der Waals surface area contributed by atoms with Crippen LogP contribution in [0.1, 0.15) is 156 Å². The number of thioether (sulfide) groups is 1. The zero-order chi connectivity index (χ0) is 49.6. The number of aliphatic imine (C=N–C) groups is 1. The van der Waals surface area contributed by atoms with Gasteiger partial charge in [0.25, 0.3) is 11.8 Å². The molecule has 0 spiro atoms. The van der Waals surface area contributed by atoms with Crippen LogP contribution >= 0.6 is 58.2 Å². The normalized spacial score (nSPS) is 15.1. The van der Waals surface area contributed by atoms with Crippen LogP contribution in [0.15, 0.2) is 82.7 Å². The molecule has 0 aliphatic carbocycles. The maximum atomic E-state index is 14.6. The number of anilines is 3. The lowest BCUT2D eigenvalue weighted by molar-refractivity contribution is -0.123. The number of nitrogens with one attached hydrogen (secondary N) is 3. The molecule has 1 fully saturated rings. The van der Waals surface area contributed by atoms with E-state index >= 15 is 0 Å². The number of halogens is 4. The number of ether oxygens (including phenoxy) is 1. The molecule has 5 rings (SSSR count). The molecule has 0 saturated carbocycles. The highest BCUT2D eigenvalue weighted by Crippen LogP contribution is 2.42. The standard InChI is InChI=1S/C54H69Cl4N5O4S/c1-9-12-13-14-15-16-17-18-19-20-21-26-47(64)59-37-28-29-39(56)43(34-37)60-50-49(52(66)63(62-50)48-40(57)32-36(55)33-41(48)58)68-46-25-23-22-24-42(46)61-51(65)44(10-2)67-45-30-27-35(53(4,5)6)31-38(45)54(7,8)11-3/h22-25,27-34,44,49H,9-21,26H2,1-8H3,(H,59,64)(H,60,62)(H,61,65). The summed E-state index contributed by atoms with van der Waals surface area (Å²) in [5.74, 6) is 0.0214. The molecule has 0 bridgehead atoms. The van der Waals surface area contributed by atoms with E-state index in [1.807, 2.05) is 31.2 Å². The first-order valence-corrected chi connectivity index (χ1v) is 26.6. The minimum Gasteiger partial charge on any atom is -0.480 e. The number of benzene rings is 4. The van der Waals surface area contributed by atoms with E-state index in [0.29, 0.717) is 50.6 Å². The van der Waals surface area contributed by atoms with Crippen molar-refractivity contribution in [3.8, 4) is 5.75 Å². The quantitative estimate of drug-likeness (QED) is 0.0603. The molecule has 4 aromatic carbocycles. The van der Waals surface area contributed by atoms with E-state index in [0.717, 1.165) is 31.2 Å². The van der Waals surface area contributed by atoms with E-state index in [9.17, 15) is 14.4 Å². The summed E-state index contributed by atoms with van der Waals surface area (Å²) < 4.78 is 6.57. The Bertz CT molecular complexity index is 2380. The van der Waals surface area contributed by atoms with Crippen LogP contribution in [-0.2, 0) is 25.2 Å². The van der Waals surface area contributed by atoms with Gasteiger partial charge in [-0.05, 0) is 84.2 Å². The number of hydrogen-bond acceptors (Lipinski definition) is 6. The van der Waals surface area contributed by atoms with Gasteiger partial charge in [-0.25, -0.2) is 10.0 Å². The van der Waals surface area contributed by atoms with Crippen molar-refractivity contribution in [1.82, 2.24) is 5.43 Å². The summed E-state index contributed by atoms with van der Waals surface area (Å²) in [6.07, 6.45) is 14.1. The Morgan fingerprint density at radius 2 is 1.41 bits per heavy atom. The molecule has 3 amide bonds. The maximum Gasteiger partial charge on any atom is 0.267 e. The third-order valence-corrected chi connectivity index (χ3v) is 14.8. The van der Waals surface area contributed by atoms with Gasteiger partial charge in [0.05, 0.1) is 26.4 Å². The van der Waals surface area contributed by atoms with Crippen molar-refractivity contribution in [3.63, 3.8) is 0 Å². The summed E-state index contributed by atoms with van der Waals surface area (Å²) in [6.45, 7) is 17.2. The number of carbonyl (C=O) groups is 3. The Labute approximate surface area is 429 Å². The van der Waals surface area contributed by atoms with Gasteiger partial charge in [-0.2, -0.15) is 0 Å². The molecular formula is C54H69Cl4N5O4S. The fraction of sp³-hybridized carbons (Fsp3) is 0.481. The number of rotatable bonds is 24. The minimum absolute atomic E-state index is 0.0648. The van der Waals surface area contributed by atoms with Gasteiger partial charge in [0.15, 0.2) is 6.10 Å². The molecule has 1 heterocycles. The van der Waals surface area contributed by atoms with Gasteiger partial charge in [-0.1, -0.05) is 190 Å². The number of hydrogen-bond donors (Lipinski definition) is 3. The molecule has 368 valence electrons. The minimum atomic E-state index is -0.996. The highest BCUT2D eigenvalue weighted by atomic mass is 35.5. The second-order valence-electron chi connectivity index (χ2n) is 19.2. The molecule has 1 saturated heterocycles. The van der Waals surface area contributed by atoms with Crippen LogP contribution in [0.5, 0.6) is 5.75 Å². The zero-order valence-corrected chi connectivity index (χ0v) is 44.8. The summed E-state index contributed by atoms with van der Waals surface area (Å²) in [6, 6.07) is 21.6. The van der Waals surface area contributed by atoms with E-state index in [-0.39, 0.29) is 44.2 Å². The molecular weight excluding hydrogens is 957 g/mol. The number of nitrogens with zero attached hydrogens (tertiary/aromatic N) is 2. The number of para-hydroxylation sites is 1. The van der Waals surface area contributed by atoms with Gasteiger partial charge in [0.1, 0.15) is 22.5 Å². The lowest BCUT2D eigenvalue weighted by Crippen LogP contribution is -2.36. The number of hydrazine groups is 1. The van der Waals surface area contributed by atoms with Crippen molar-refractivity contribution in [3.05, 3.63) is 104 Å². The highest BCUT2D eigenvalue weighted by Gasteiger charge is 2.42. The second kappa shape index (κ2) is 25.8. The largest absolute Gasteiger partial charge is 0.480 e. The SMILES string of the molecule is CCCCCCCCCCCCCC(=O)Nc1ccc(Cl)c(N=C2NN(c3c(Cl)cc(Cl)cc3Cl)C(=O)C2Sc2ccccc2NC(=O)C(CC)Oc2ccc(C(C)(C)C)cc2C(C)(C)CC)c1. The Kier molecular flexibility index (Phi) is 20.9. The smallest absolute Gasteiger partial charge is 0.267 e. The molecule has 0 aromatic heterocycles. The number of amides is 3. The van der Waals surface area contributed by atoms with E-state index in [1.165, 1.54) is 85.8 Å². The third kappa shape index (κ3) is 15.3. The first-order valence-electron chi connectivity index (χ1n) is 24.2. The van der Waals surface area contributed by atoms with Crippen molar-refractivity contribution in [2.24, 2.45) is 4.99 Å². The van der Waals surface area contributed by atoms with Crippen molar-refractivity contribution in [1.29, 1.82) is 0 Å². The average Bonchev–Trinajstić information content (AvgIpc) is 3.58. The van der Waals surface area contributed by atoms with Crippen LogP contribution in [0, 0.1) is 0 Å². The lowest BCUT2D eigenvalue weighted by Gasteiger charge is -2.30. The number of carbonyl (C=O) groups excluding carboxylic acids is 3. The van der Waals surface area contributed by atoms with Gasteiger partial charge in [-0.3, -0.25) is 19.8 Å². The molecule has 0 radical (unpaired) electrons. The molecule has 1 aliphatic rings. The van der Waals surface area contributed by atoms with Gasteiger partial charge < -0.3 is 15.4 Å². The summed E-state index contributed by atoms with van der Waals surface area (Å²) in [7, 11) is 0. The summed E-state index contributed by atoms with van der Waals surface area (Å²) >= 11 is 27.5. The second-order valence-corrected chi connectivity index (χ2v) is 22.0. The topological polar surface area (TPSA) is 112 Å². The molecule has 3 N–H and O–H groups in total. The van der Waals surface area contributed by atoms with Crippen molar-refractivity contribution in [2.75, 3.05) is 15.6 Å². The van der Waals surface area contributed by atoms with E-state index < -0.39 is 17.3 Å². The lowest BCUT2D eigenvalue weighted by atomic mass is 9.78. The Morgan fingerprint density at radius 1 is 0.779 bits per heavy atom. The summed E-state index contributed by atoms with van der Waals surface area (Å²) in [5, 5.41) is 7.23. The fourth-order valence-corrected chi connectivity index (χ4v) is 10.1. The molecule has 2 unspecified atom stereocenters. The van der Waals surface area contributed by atoms with Crippen molar-refractivity contribution in [2.45, 2.75) is 172 Å². The molecule has 68 heavy (non-hydrogen) atoms. The van der Waals surface area contributed by atoms with E-state index in [2.05, 4.69) is 76.7 Å². The van der Waals surface area contributed by atoms with Crippen molar-refractivity contribution < 1.29 is 19.1 Å². The van der Waals surface area contributed by atoms with Gasteiger partial charge in [-0.15, -0.1) is 11.8 Å². The number of amidine groups is 1. The fourth-order valence-electron chi connectivity index (χ4n) is 7.85. The Hall–Kier alpha value is -3.93.